The van der Waals surface area contributed by atoms with E-state index in [1.165, 1.54) is 6.07 Å². The molecule has 4 heteroatoms. The van der Waals surface area contributed by atoms with Gasteiger partial charge in [-0.15, -0.1) is 0 Å². The van der Waals surface area contributed by atoms with Crippen LogP contribution in [0, 0.1) is 12.7 Å². The molecule has 0 amide bonds. The van der Waals surface area contributed by atoms with Crippen LogP contribution in [0.5, 0.6) is 0 Å². The van der Waals surface area contributed by atoms with Crippen molar-refractivity contribution in [1.82, 2.24) is 4.98 Å². The van der Waals surface area contributed by atoms with Gasteiger partial charge in [-0.05, 0) is 37.1 Å². The fourth-order valence-corrected chi connectivity index (χ4v) is 2.83. The summed E-state index contributed by atoms with van der Waals surface area (Å²) in [6.07, 6.45) is 2.49. The number of halogens is 1. The molecule has 1 unspecified atom stereocenters. The van der Waals surface area contributed by atoms with Crippen molar-refractivity contribution in [2.75, 3.05) is 5.75 Å². The summed E-state index contributed by atoms with van der Waals surface area (Å²) >= 11 is 0. The fraction of sp³-hybridized carbons (Fsp3) is 0.267. The average Bonchev–Trinajstić information content (AvgIpc) is 2.42. The molecule has 0 aliphatic rings. The second-order valence-electron chi connectivity index (χ2n) is 4.39. The molecule has 1 aromatic heterocycles. The molecule has 0 saturated heterocycles. The van der Waals surface area contributed by atoms with Gasteiger partial charge in [-0.25, -0.2) is 4.39 Å². The molecule has 2 nitrogen and oxygen atoms in total. The van der Waals surface area contributed by atoms with Gasteiger partial charge in [0.1, 0.15) is 5.82 Å². The highest BCUT2D eigenvalue weighted by Crippen LogP contribution is 2.21. The van der Waals surface area contributed by atoms with Gasteiger partial charge in [0.2, 0.25) is 0 Å². The third-order valence-corrected chi connectivity index (χ3v) is 4.41. The van der Waals surface area contributed by atoms with Gasteiger partial charge in [0.15, 0.2) is 0 Å². The normalized spacial score (nSPS) is 12.4. The van der Waals surface area contributed by atoms with Crippen molar-refractivity contribution in [3.63, 3.8) is 0 Å². The maximum absolute atomic E-state index is 13.6. The molecule has 19 heavy (non-hydrogen) atoms. The van der Waals surface area contributed by atoms with Crippen LogP contribution >= 0.6 is 0 Å². The van der Waals surface area contributed by atoms with Crippen molar-refractivity contribution in [1.29, 1.82) is 0 Å². The first-order chi connectivity index (χ1) is 9.11. The van der Waals surface area contributed by atoms with Crippen LogP contribution in [0.3, 0.4) is 0 Å². The molecule has 0 spiro atoms. The van der Waals surface area contributed by atoms with Crippen molar-refractivity contribution in [2.24, 2.45) is 0 Å². The number of hydrogen-bond donors (Lipinski definition) is 0. The Morgan fingerprint density at radius 1 is 1.26 bits per heavy atom. The molecule has 0 aliphatic carbocycles. The molecule has 1 aromatic carbocycles. The third kappa shape index (κ3) is 3.26. The quantitative estimate of drug-likeness (QED) is 0.852. The summed E-state index contributed by atoms with van der Waals surface area (Å²) in [4.78, 5) is 4.97. The minimum Gasteiger partial charge on any atom is -0.256 e. The lowest BCUT2D eigenvalue weighted by Crippen LogP contribution is -1.98. The number of aryl methyl sites for hydroxylation is 1. The summed E-state index contributed by atoms with van der Waals surface area (Å²) in [5, 5.41) is 0. The Balaban J connectivity index is 2.37. The molecule has 1 heterocycles. The predicted molar refractivity (Wildman–Crippen MR) is 75.9 cm³/mol. The second-order valence-corrected chi connectivity index (χ2v) is 5.96. The van der Waals surface area contributed by atoms with E-state index in [1.54, 1.807) is 31.3 Å². The van der Waals surface area contributed by atoms with Crippen molar-refractivity contribution in [2.45, 2.75) is 25.2 Å². The first-order valence-corrected chi connectivity index (χ1v) is 7.54. The van der Waals surface area contributed by atoms with Crippen LogP contribution in [0.2, 0.25) is 0 Å². The van der Waals surface area contributed by atoms with Crippen LogP contribution in [0.4, 0.5) is 4.39 Å². The Hall–Kier alpha value is -1.55. The summed E-state index contributed by atoms with van der Waals surface area (Å²) in [7, 11) is -1.01. The van der Waals surface area contributed by atoms with Crippen LogP contribution in [0.25, 0.3) is 11.3 Å². The zero-order valence-corrected chi connectivity index (χ0v) is 11.8. The van der Waals surface area contributed by atoms with E-state index in [2.05, 4.69) is 4.98 Å². The van der Waals surface area contributed by atoms with E-state index in [0.717, 1.165) is 11.3 Å². The van der Waals surface area contributed by atoms with E-state index in [-0.39, 0.29) is 5.82 Å². The van der Waals surface area contributed by atoms with Crippen molar-refractivity contribution >= 4 is 10.8 Å². The molecule has 2 aromatic rings. The van der Waals surface area contributed by atoms with Gasteiger partial charge in [0, 0.05) is 22.4 Å². The van der Waals surface area contributed by atoms with Crippen LogP contribution in [0.15, 0.2) is 41.4 Å². The van der Waals surface area contributed by atoms with E-state index in [0.29, 0.717) is 22.6 Å². The molecule has 100 valence electrons. The van der Waals surface area contributed by atoms with Crippen molar-refractivity contribution < 1.29 is 8.60 Å². The summed E-state index contributed by atoms with van der Waals surface area (Å²) in [5.41, 5.74) is 1.97. The highest BCUT2D eigenvalue weighted by atomic mass is 32.2. The molecule has 1 atom stereocenters. The molecular formula is C15H16FNOS. The topological polar surface area (TPSA) is 30.0 Å². The average molecular weight is 277 g/mol. The summed E-state index contributed by atoms with van der Waals surface area (Å²) in [6.45, 7) is 3.72. The predicted octanol–water partition coefficient (Wildman–Crippen LogP) is 3.71. The number of pyridine rings is 1. The number of nitrogens with zero attached hydrogens (tertiary/aromatic N) is 1. The van der Waals surface area contributed by atoms with E-state index in [1.807, 2.05) is 13.0 Å². The molecule has 0 bridgehead atoms. The van der Waals surface area contributed by atoms with Gasteiger partial charge in [-0.2, -0.15) is 0 Å². The van der Waals surface area contributed by atoms with E-state index >= 15 is 0 Å². The van der Waals surface area contributed by atoms with Gasteiger partial charge < -0.3 is 0 Å². The maximum atomic E-state index is 13.6. The molecule has 0 radical (unpaired) electrons. The number of benzene rings is 1. The summed E-state index contributed by atoms with van der Waals surface area (Å²) in [5.74, 6) is 0.380. The summed E-state index contributed by atoms with van der Waals surface area (Å²) < 4.78 is 25.5. The lowest BCUT2D eigenvalue weighted by molar-refractivity contribution is 0.619. The Kier molecular flexibility index (Phi) is 4.43. The monoisotopic (exact) mass is 277 g/mol. The Labute approximate surface area is 115 Å². The van der Waals surface area contributed by atoms with Gasteiger partial charge in [-0.3, -0.25) is 9.19 Å². The van der Waals surface area contributed by atoms with E-state index in [4.69, 9.17) is 0 Å². The zero-order chi connectivity index (χ0) is 13.8. The number of rotatable bonds is 4. The van der Waals surface area contributed by atoms with E-state index < -0.39 is 10.8 Å². The number of aromatic nitrogens is 1. The van der Waals surface area contributed by atoms with Gasteiger partial charge in [0.25, 0.3) is 0 Å². The fourth-order valence-electron chi connectivity index (χ4n) is 1.77. The minimum absolute atomic E-state index is 0.251. The van der Waals surface area contributed by atoms with Gasteiger partial charge in [-0.1, -0.05) is 19.1 Å². The molecule has 0 aliphatic heterocycles. The second kappa shape index (κ2) is 6.06. The van der Waals surface area contributed by atoms with Crippen molar-refractivity contribution in [3.8, 4) is 11.3 Å². The first-order valence-electron chi connectivity index (χ1n) is 6.22. The zero-order valence-electron chi connectivity index (χ0n) is 11.0. The standard InChI is InChI=1S/C15H16FNOS/c1-3-8-19(18)13-6-7-17-15(10-13)12-5-4-11(2)14(16)9-12/h4-7,9-10H,3,8H2,1-2H3. The Bertz CT molecular complexity index is 613. The lowest BCUT2D eigenvalue weighted by Gasteiger charge is -2.05. The maximum Gasteiger partial charge on any atom is 0.126 e. The smallest absolute Gasteiger partial charge is 0.126 e. The van der Waals surface area contributed by atoms with Gasteiger partial charge >= 0.3 is 0 Å². The molecule has 0 N–H and O–H groups in total. The lowest BCUT2D eigenvalue weighted by atomic mass is 10.1. The molecule has 0 saturated carbocycles. The third-order valence-electron chi connectivity index (χ3n) is 2.85. The largest absolute Gasteiger partial charge is 0.256 e. The molecule has 0 fully saturated rings. The molecule has 2 rings (SSSR count). The Morgan fingerprint density at radius 3 is 2.74 bits per heavy atom. The van der Waals surface area contributed by atoms with Crippen molar-refractivity contribution in [3.05, 3.63) is 47.9 Å². The summed E-state index contributed by atoms with van der Waals surface area (Å²) in [6, 6.07) is 8.54. The van der Waals surface area contributed by atoms with Crippen LogP contribution in [0.1, 0.15) is 18.9 Å². The van der Waals surface area contributed by atoms with Crippen LogP contribution in [-0.4, -0.2) is 14.9 Å². The van der Waals surface area contributed by atoms with E-state index in [9.17, 15) is 8.60 Å². The van der Waals surface area contributed by atoms with Gasteiger partial charge in [0.05, 0.1) is 16.5 Å². The first kappa shape index (κ1) is 13.9. The minimum atomic E-state index is -1.01. The Morgan fingerprint density at radius 2 is 2.05 bits per heavy atom. The van der Waals surface area contributed by atoms with Crippen LogP contribution < -0.4 is 0 Å². The number of hydrogen-bond acceptors (Lipinski definition) is 2. The molecular weight excluding hydrogens is 261 g/mol. The SMILES string of the molecule is CCCS(=O)c1ccnc(-c2ccc(C)c(F)c2)c1. The van der Waals surface area contributed by atoms with Crippen LogP contribution in [-0.2, 0) is 10.8 Å². The highest BCUT2D eigenvalue weighted by molar-refractivity contribution is 7.85. The highest BCUT2D eigenvalue weighted by Gasteiger charge is 2.07.